The van der Waals surface area contributed by atoms with Gasteiger partial charge in [-0.25, -0.2) is 9.97 Å². The third kappa shape index (κ3) is 2.02. The van der Waals surface area contributed by atoms with E-state index in [4.69, 9.17) is 11.6 Å². The zero-order valence-electron chi connectivity index (χ0n) is 8.61. The summed E-state index contributed by atoms with van der Waals surface area (Å²) in [7, 11) is 0. The molecule has 0 amide bonds. The second kappa shape index (κ2) is 4.02. The molecule has 2 aromatic heterocycles. The van der Waals surface area contributed by atoms with Crippen LogP contribution in [0.2, 0.25) is 0 Å². The van der Waals surface area contributed by atoms with E-state index < -0.39 is 0 Å². The molecule has 1 atom stereocenters. The molecular weight excluding hydrogens is 214 g/mol. The van der Waals surface area contributed by atoms with Gasteiger partial charge in [0.1, 0.15) is 5.82 Å². The van der Waals surface area contributed by atoms with Crippen LogP contribution in [0.5, 0.6) is 0 Å². The van der Waals surface area contributed by atoms with Crippen molar-refractivity contribution >= 4 is 11.6 Å². The van der Waals surface area contributed by atoms with Gasteiger partial charge in [0.25, 0.3) is 0 Å². The lowest BCUT2D eigenvalue weighted by atomic mass is 10.3. The van der Waals surface area contributed by atoms with Crippen LogP contribution in [-0.2, 0) is 5.88 Å². The van der Waals surface area contributed by atoms with E-state index in [1.54, 1.807) is 6.33 Å². The van der Waals surface area contributed by atoms with Crippen LogP contribution in [-0.4, -0.2) is 24.7 Å². The van der Waals surface area contributed by atoms with Crippen LogP contribution >= 0.6 is 11.6 Å². The summed E-state index contributed by atoms with van der Waals surface area (Å²) in [6, 6.07) is 0.0689. The van der Waals surface area contributed by atoms with Crippen LogP contribution in [0.15, 0.2) is 12.5 Å². The number of nitrogens with one attached hydrogen (secondary N) is 1. The number of aryl methyl sites for hydroxylation is 1. The first-order valence-electron chi connectivity index (χ1n) is 4.68. The Labute approximate surface area is 92.5 Å². The molecular formula is C9H12ClN5. The van der Waals surface area contributed by atoms with E-state index >= 15 is 0 Å². The molecule has 0 saturated heterocycles. The molecule has 2 rings (SSSR count). The van der Waals surface area contributed by atoms with Gasteiger partial charge in [-0.1, -0.05) is 0 Å². The second-order valence-corrected chi connectivity index (χ2v) is 3.67. The van der Waals surface area contributed by atoms with Gasteiger partial charge in [-0.3, -0.25) is 5.10 Å². The fourth-order valence-corrected chi connectivity index (χ4v) is 1.48. The maximum Gasteiger partial charge on any atom is 0.173 e. The first kappa shape index (κ1) is 10.2. The van der Waals surface area contributed by atoms with E-state index in [0.717, 1.165) is 17.3 Å². The van der Waals surface area contributed by atoms with Crippen LogP contribution in [0.3, 0.4) is 0 Å². The number of aromatic nitrogens is 5. The van der Waals surface area contributed by atoms with Crippen LogP contribution in [0.4, 0.5) is 0 Å². The van der Waals surface area contributed by atoms with E-state index in [2.05, 4.69) is 20.2 Å². The number of alkyl halides is 1. The average molecular weight is 226 g/mol. The molecule has 5 nitrogen and oxygen atoms in total. The number of rotatable bonds is 3. The fraction of sp³-hybridized carbons (Fsp3) is 0.444. The number of H-pyrrole nitrogens is 1. The second-order valence-electron chi connectivity index (χ2n) is 3.40. The predicted molar refractivity (Wildman–Crippen MR) is 56.7 cm³/mol. The van der Waals surface area contributed by atoms with Crippen molar-refractivity contribution in [2.75, 3.05) is 0 Å². The van der Waals surface area contributed by atoms with Crippen molar-refractivity contribution in [1.82, 2.24) is 24.7 Å². The first-order chi connectivity index (χ1) is 7.20. The highest BCUT2D eigenvalue weighted by Gasteiger charge is 2.12. The van der Waals surface area contributed by atoms with Crippen molar-refractivity contribution in [3.05, 3.63) is 29.9 Å². The Morgan fingerprint density at radius 2 is 2.40 bits per heavy atom. The highest BCUT2D eigenvalue weighted by Crippen LogP contribution is 2.14. The van der Waals surface area contributed by atoms with E-state index in [1.165, 1.54) is 0 Å². The summed E-state index contributed by atoms with van der Waals surface area (Å²) in [6.07, 6.45) is 3.65. The van der Waals surface area contributed by atoms with E-state index in [0.29, 0.717) is 5.88 Å². The topological polar surface area (TPSA) is 59.4 Å². The first-order valence-corrected chi connectivity index (χ1v) is 5.21. The third-order valence-corrected chi connectivity index (χ3v) is 2.50. The van der Waals surface area contributed by atoms with Crippen LogP contribution < -0.4 is 0 Å². The Morgan fingerprint density at radius 3 is 2.93 bits per heavy atom. The number of nitrogens with zero attached hydrogens (tertiary/aromatic N) is 4. The smallest absolute Gasteiger partial charge is 0.173 e. The molecule has 2 aromatic rings. The molecule has 1 unspecified atom stereocenters. The number of aromatic amines is 1. The van der Waals surface area contributed by atoms with Gasteiger partial charge >= 0.3 is 0 Å². The lowest BCUT2D eigenvalue weighted by molar-refractivity contribution is 0.601. The summed E-state index contributed by atoms with van der Waals surface area (Å²) in [4.78, 5) is 8.43. The summed E-state index contributed by atoms with van der Waals surface area (Å²) in [6.45, 7) is 3.89. The molecule has 0 aliphatic rings. The standard InChI is InChI=1S/C9H12ClN5/c1-6(9-12-7(2)13-14-9)15-4-8(3-10)11-5-15/h4-6H,3H2,1-2H3,(H,12,13,14). The van der Waals surface area contributed by atoms with Gasteiger partial charge in [0.15, 0.2) is 5.82 Å². The number of halogens is 1. The molecule has 0 aliphatic heterocycles. The van der Waals surface area contributed by atoms with Gasteiger partial charge < -0.3 is 4.57 Å². The average Bonchev–Trinajstić information content (AvgIpc) is 2.84. The number of imidazole rings is 1. The Hall–Kier alpha value is -1.36. The van der Waals surface area contributed by atoms with Gasteiger partial charge in [-0.05, 0) is 13.8 Å². The Bertz CT molecular complexity index is 447. The number of hydrogen-bond donors (Lipinski definition) is 1. The minimum atomic E-state index is 0.0689. The largest absolute Gasteiger partial charge is 0.327 e. The minimum Gasteiger partial charge on any atom is -0.327 e. The maximum atomic E-state index is 5.68. The minimum absolute atomic E-state index is 0.0689. The van der Waals surface area contributed by atoms with E-state index in [9.17, 15) is 0 Å². The molecule has 0 radical (unpaired) electrons. The van der Waals surface area contributed by atoms with Gasteiger partial charge in [0, 0.05) is 6.20 Å². The molecule has 6 heteroatoms. The van der Waals surface area contributed by atoms with Crippen molar-refractivity contribution in [2.45, 2.75) is 25.8 Å². The highest BCUT2D eigenvalue weighted by atomic mass is 35.5. The third-order valence-electron chi connectivity index (χ3n) is 2.23. The maximum absolute atomic E-state index is 5.68. The normalized spacial score (nSPS) is 13.0. The zero-order chi connectivity index (χ0) is 10.8. The summed E-state index contributed by atoms with van der Waals surface area (Å²) in [5.41, 5.74) is 0.857. The van der Waals surface area contributed by atoms with Crippen LogP contribution in [0.25, 0.3) is 0 Å². The summed E-state index contributed by atoms with van der Waals surface area (Å²) < 4.78 is 1.94. The molecule has 15 heavy (non-hydrogen) atoms. The van der Waals surface area contributed by atoms with Crippen molar-refractivity contribution in [3.8, 4) is 0 Å². The van der Waals surface area contributed by atoms with Crippen molar-refractivity contribution < 1.29 is 0 Å². The fourth-order valence-electron chi connectivity index (χ4n) is 1.34. The zero-order valence-corrected chi connectivity index (χ0v) is 9.36. The summed E-state index contributed by atoms with van der Waals surface area (Å²) in [5.74, 6) is 1.99. The summed E-state index contributed by atoms with van der Waals surface area (Å²) >= 11 is 5.68. The molecule has 0 fully saturated rings. The van der Waals surface area contributed by atoms with Crippen molar-refractivity contribution in [3.63, 3.8) is 0 Å². The molecule has 0 aromatic carbocycles. The lowest BCUT2D eigenvalue weighted by Gasteiger charge is -2.07. The van der Waals surface area contributed by atoms with Gasteiger partial charge in [0.2, 0.25) is 0 Å². The predicted octanol–water partition coefficient (Wildman–Crippen LogP) is 1.66. The van der Waals surface area contributed by atoms with Gasteiger partial charge in [-0.2, -0.15) is 5.10 Å². The highest BCUT2D eigenvalue weighted by molar-refractivity contribution is 6.16. The summed E-state index contributed by atoms with van der Waals surface area (Å²) in [5, 5.41) is 6.93. The monoisotopic (exact) mass is 225 g/mol. The Kier molecular flexibility index (Phi) is 2.73. The Morgan fingerprint density at radius 1 is 1.60 bits per heavy atom. The molecule has 2 heterocycles. The molecule has 1 N–H and O–H groups in total. The quantitative estimate of drug-likeness (QED) is 0.809. The number of hydrogen-bond acceptors (Lipinski definition) is 3. The van der Waals surface area contributed by atoms with Crippen molar-refractivity contribution in [1.29, 1.82) is 0 Å². The van der Waals surface area contributed by atoms with Crippen molar-refractivity contribution in [2.24, 2.45) is 0 Å². The molecule has 0 saturated carbocycles. The van der Waals surface area contributed by atoms with Gasteiger partial charge in [0.05, 0.1) is 23.9 Å². The molecule has 0 aliphatic carbocycles. The lowest BCUT2D eigenvalue weighted by Crippen LogP contribution is -2.06. The van der Waals surface area contributed by atoms with Gasteiger partial charge in [-0.15, -0.1) is 11.6 Å². The molecule has 80 valence electrons. The molecule has 0 spiro atoms. The van der Waals surface area contributed by atoms with E-state index in [1.807, 2.05) is 24.6 Å². The van der Waals surface area contributed by atoms with E-state index in [-0.39, 0.29) is 6.04 Å². The van der Waals surface area contributed by atoms with Crippen LogP contribution in [0.1, 0.15) is 30.3 Å². The Balaban J connectivity index is 2.23. The van der Waals surface area contributed by atoms with Crippen LogP contribution in [0, 0.1) is 6.92 Å². The molecule has 0 bridgehead atoms. The SMILES string of the molecule is Cc1nc(C(C)n2cnc(CCl)c2)n[nH]1.